The molecule has 18 heavy (non-hydrogen) atoms. The highest BCUT2D eigenvalue weighted by Crippen LogP contribution is 2.20. The van der Waals surface area contributed by atoms with Crippen LogP contribution in [-0.4, -0.2) is 27.8 Å². The molecule has 4 N–H and O–H groups in total. The summed E-state index contributed by atoms with van der Waals surface area (Å²) in [6, 6.07) is 6.64. The molecule has 100 valence electrons. The summed E-state index contributed by atoms with van der Waals surface area (Å²) in [5.41, 5.74) is 6.21. The van der Waals surface area contributed by atoms with Crippen molar-refractivity contribution in [1.82, 2.24) is 4.72 Å². The number of benzene rings is 1. The lowest BCUT2D eigenvalue weighted by Gasteiger charge is -2.22. The lowest BCUT2D eigenvalue weighted by Crippen LogP contribution is -2.39. The van der Waals surface area contributed by atoms with Crippen molar-refractivity contribution in [3.8, 4) is 0 Å². The van der Waals surface area contributed by atoms with Crippen LogP contribution < -0.4 is 14.8 Å². The second-order valence-electron chi connectivity index (χ2n) is 3.80. The Morgan fingerprint density at radius 2 is 2.06 bits per heavy atom. The molecule has 1 rings (SSSR count). The molecule has 0 unspecified atom stereocenters. The molecule has 0 aliphatic heterocycles. The van der Waals surface area contributed by atoms with Crippen molar-refractivity contribution in [3.63, 3.8) is 0 Å². The van der Waals surface area contributed by atoms with Crippen LogP contribution in [0.1, 0.15) is 18.9 Å². The molecule has 0 amide bonds. The average Bonchev–Trinajstić information content (AvgIpc) is 2.35. The van der Waals surface area contributed by atoms with Crippen LogP contribution in [0.4, 0.5) is 5.69 Å². The molecule has 6 nitrogen and oxygen atoms in total. The van der Waals surface area contributed by atoms with Gasteiger partial charge in [0, 0.05) is 19.2 Å². The number of anilines is 1. The Bertz CT molecular complexity index is 528. The summed E-state index contributed by atoms with van der Waals surface area (Å²) in [5.74, 6) is -0.164. The molecule has 0 fully saturated rings. The van der Waals surface area contributed by atoms with Gasteiger partial charge in [0.05, 0.1) is 5.69 Å². The van der Waals surface area contributed by atoms with Crippen molar-refractivity contribution < 1.29 is 8.42 Å². The Labute approximate surface area is 107 Å². The van der Waals surface area contributed by atoms with E-state index in [2.05, 4.69) is 4.72 Å². The van der Waals surface area contributed by atoms with Gasteiger partial charge in [0.1, 0.15) is 5.84 Å². The van der Waals surface area contributed by atoms with E-state index in [4.69, 9.17) is 11.1 Å². The SMILES string of the molecule is CCCNS(=O)(=O)N(C)c1ccccc1C(=N)N. The number of nitrogens with zero attached hydrogens (tertiary/aromatic N) is 1. The van der Waals surface area contributed by atoms with Crippen LogP contribution in [0.2, 0.25) is 0 Å². The third-order valence-corrected chi connectivity index (χ3v) is 3.92. The van der Waals surface area contributed by atoms with E-state index in [1.807, 2.05) is 6.92 Å². The van der Waals surface area contributed by atoms with Gasteiger partial charge in [-0.1, -0.05) is 19.1 Å². The molecule has 0 aliphatic rings. The summed E-state index contributed by atoms with van der Waals surface area (Å²) in [6.45, 7) is 2.25. The number of hydrogen-bond acceptors (Lipinski definition) is 3. The quantitative estimate of drug-likeness (QED) is 0.522. The van der Waals surface area contributed by atoms with Gasteiger partial charge in [0.25, 0.3) is 0 Å². The standard InChI is InChI=1S/C11H18N4O2S/c1-3-8-14-18(16,17)15(2)10-7-5-4-6-9(10)11(12)13/h4-7,14H,3,8H2,1-2H3,(H3,12,13). The maximum Gasteiger partial charge on any atom is 0.301 e. The summed E-state index contributed by atoms with van der Waals surface area (Å²) >= 11 is 0. The largest absolute Gasteiger partial charge is 0.384 e. The second kappa shape index (κ2) is 5.83. The summed E-state index contributed by atoms with van der Waals surface area (Å²) < 4.78 is 27.5. The van der Waals surface area contributed by atoms with Crippen LogP contribution in [-0.2, 0) is 10.2 Å². The third-order valence-electron chi connectivity index (χ3n) is 2.43. The van der Waals surface area contributed by atoms with E-state index in [0.717, 1.165) is 4.31 Å². The normalized spacial score (nSPS) is 11.2. The lowest BCUT2D eigenvalue weighted by molar-refractivity contribution is 0.579. The first-order chi connectivity index (χ1) is 8.40. The van der Waals surface area contributed by atoms with Crippen LogP contribution >= 0.6 is 0 Å². The van der Waals surface area contributed by atoms with E-state index < -0.39 is 10.2 Å². The minimum atomic E-state index is -3.60. The summed E-state index contributed by atoms with van der Waals surface area (Å²) in [7, 11) is -2.17. The van der Waals surface area contributed by atoms with Gasteiger partial charge in [-0.05, 0) is 18.6 Å². The Morgan fingerprint density at radius 1 is 1.44 bits per heavy atom. The fourth-order valence-corrected chi connectivity index (χ4v) is 2.51. The molecular weight excluding hydrogens is 252 g/mol. The fraction of sp³-hybridized carbons (Fsp3) is 0.364. The first-order valence-electron chi connectivity index (χ1n) is 5.57. The summed E-state index contributed by atoms with van der Waals surface area (Å²) in [6.07, 6.45) is 0.710. The molecular formula is C11H18N4O2S. The van der Waals surface area contributed by atoms with Gasteiger partial charge < -0.3 is 5.73 Å². The molecule has 7 heteroatoms. The van der Waals surface area contributed by atoms with Crippen LogP contribution in [0.25, 0.3) is 0 Å². The van der Waals surface area contributed by atoms with Gasteiger partial charge in [-0.25, -0.2) is 0 Å². The first-order valence-corrected chi connectivity index (χ1v) is 7.01. The van der Waals surface area contributed by atoms with Gasteiger partial charge in [0.2, 0.25) is 0 Å². The monoisotopic (exact) mass is 270 g/mol. The Kier molecular flexibility index (Phi) is 4.69. The van der Waals surface area contributed by atoms with Crippen molar-refractivity contribution in [2.75, 3.05) is 17.9 Å². The van der Waals surface area contributed by atoms with Crippen molar-refractivity contribution in [3.05, 3.63) is 29.8 Å². The molecule has 0 radical (unpaired) electrons. The third kappa shape index (κ3) is 3.21. The smallest absolute Gasteiger partial charge is 0.301 e. The number of hydrogen-bond donors (Lipinski definition) is 3. The zero-order valence-corrected chi connectivity index (χ0v) is 11.3. The van der Waals surface area contributed by atoms with Gasteiger partial charge in [0.15, 0.2) is 0 Å². The number of rotatable bonds is 6. The van der Waals surface area contributed by atoms with E-state index in [0.29, 0.717) is 24.2 Å². The Hall–Kier alpha value is -1.60. The van der Waals surface area contributed by atoms with E-state index in [-0.39, 0.29) is 5.84 Å². The van der Waals surface area contributed by atoms with Crippen LogP contribution in [0, 0.1) is 5.41 Å². The zero-order chi connectivity index (χ0) is 13.8. The van der Waals surface area contributed by atoms with E-state index in [1.165, 1.54) is 7.05 Å². The van der Waals surface area contributed by atoms with Crippen molar-refractivity contribution >= 4 is 21.7 Å². The minimum Gasteiger partial charge on any atom is -0.384 e. The molecule has 0 saturated heterocycles. The highest BCUT2D eigenvalue weighted by atomic mass is 32.2. The van der Waals surface area contributed by atoms with Crippen LogP contribution in [0.5, 0.6) is 0 Å². The highest BCUT2D eigenvalue weighted by Gasteiger charge is 2.20. The molecule has 1 aromatic rings. The molecule has 0 aromatic heterocycles. The Morgan fingerprint density at radius 3 is 2.61 bits per heavy atom. The van der Waals surface area contributed by atoms with E-state index in [1.54, 1.807) is 24.3 Å². The van der Waals surface area contributed by atoms with Gasteiger partial charge in [-0.3, -0.25) is 9.71 Å². The van der Waals surface area contributed by atoms with Crippen LogP contribution in [0.15, 0.2) is 24.3 Å². The van der Waals surface area contributed by atoms with E-state index >= 15 is 0 Å². The van der Waals surface area contributed by atoms with Gasteiger partial charge in [-0.15, -0.1) is 0 Å². The van der Waals surface area contributed by atoms with Crippen molar-refractivity contribution in [2.45, 2.75) is 13.3 Å². The molecule has 0 aliphatic carbocycles. The predicted octanol–water partition coefficient (Wildman–Crippen LogP) is 0.651. The highest BCUT2D eigenvalue weighted by molar-refractivity contribution is 7.90. The molecule has 0 bridgehead atoms. The van der Waals surface area contributed by atoms with E-state index in [9.17, 15) is 8.42 Å². The Balaban J connectivity index is 3.11. The maximum absolute atomic E-state index is 12.0. The number of para-hydroxylation sites is 1. The number of amidine groups is 1. The fourth-order valence-electron chi connectivity index (χ4n) is 1.43. The van der Waals surface area contributed by atoms with Crippen LogP contribution in [0.3, 0.4) is 0 Å². The summed E-state index contributed by atoms with van der Waals surface area (Å²) in [4.78, 5) is 0. The minimum absolute atomic E-state index is 0.164. The zero-order valence-electron chi connectivity index (χ0n) is 10.5. The lowest BCUT2D eigenvalue weighted by atomic mass is 10.1. The summed E-state index contributed by atoms with van der Waals surface area (Å²) in [5, 5.41) is 7.45. The topological polar surface area (TPSA) is 99.3 Å². The number of nitrogens with two attached hydrogens (primary N) is 1. The molecule has 0 atom stereocenters. The molecule has 1 aromatic carbocycles. The number of nitrogens with one attached hydrogen (secondary N) is 2. The average molecular weight is 270 g/mol. The predicted molar refractivity (Wildman–Crippen MR) is 73.1 cm³/mol. The molecule has 0 heterocycles. The van der Waals surface area contributed by atoms with Gasteiger partial charge in [-0.2, -0.15) is 13.1 Å². The second-order valence-corrected chi connectivity index (χ2v) is 5.58. The van der Waals surface area contributed by atoms with Crippen molar-refractivity contribution in [2.24, 2.45) is 5.73 Å². The number of nitrogen functional groups attached to an aromatic ring is 1. The molecule has 0 saturated carbocycles. The first kappa shape index (κ1) is 14.5. The maximum atomic E-state index is 12.0. The van der Waals surface area contributed by atoms with Gasteiger partial charge >= 0.3 is 10.2 Å². The molecule has 0 spiro atoms. The van der Waals surface area contributed by atoms with Crippen molar-refractivity contribution in [1.29, 1.82) is 5.41 Å².